The van der Waals surface area contributed by atoms with Gasteiger partial charge in [-0.15, -0.1) is 0 Å². The molecule has 1 aromatic carbocycles. The second kappa shape index (κ2) is 3.64. The number of hydrogen-bond donors (Lipinski definition) is 1. The molecule has 0 amide bonds. The Morgan fingerprint density at radius 3 is 2.75 bits per heavy atom. The summed E-state index contributed by atoms with van der Waals surface area (Å²) < 4.78 is 16.1. The van der Waals surface area contributed by atoms with E-state index in [0.717, 1.165) is 31.3 Å². The van der Waals surface area contributed by atoms with Gasteiger partial charge < -0.3 is 19.5 Å². The average Bonchev–Trinajstić information content (AvgIpc) is 2.70. The van der Waals surface area contributed by atoms with Gasteiger partial charge in [-0.2, -0.15) is 0 Å². The maximum atomic E-state index is 5.40. The average molecular weight is 221 g/mol. The Morgan fingerprint density at radius 2 is 2.06 bits per heavy atom. The Labute approximate surface area is 94.5 Å². The number of hydrogen-bond acceptors (Lipinski definition) is 4. The van der Waals surface area contributed by atoms with Crippen LogP contribution in [-0.4, -0.2) is 33.6 Å². The lowest BCUT2D eigenvalue weighted by Crippen LogP contribution is -2.52. The van der Waals surface area contributed by atoms with Crippen LogP contribution in [0.3, 0.4) is 0 Å². The molecular weight excluding hydrogens is 206 g/mol. The highest BCUT2D eigenvalue weighted by atomic mass is 16.7. The van der Waals surface area contributed by atoms with Crippen molar-refractivity contribution in [2.45, 2.75) is 5.41 Å². The van der Waals surface area contributed by atoms with Crippen molar-refractivity contribution in [2.75, 3.05) is 33.6 Å². The first-order valence-corrected chi connectivity index (χ1v) is 5.47. The molecule has 0 unspecified atom stereocenters. The molecule has 2 aliphatic rings. The molecule has 1 saturated heterocycles. The lowest BCUT2D eigenvalue weighted by molar-refractivity contribution is -0.0583. The van der Waals surface area contributed by atoms with Gasteiger partial charge in [0.25, 0.3) is 0 Å². The fourth-order valence-electron chi connectivity index (χ4n) is 2.28. The summed E-state index contributed by atoms with van der Waals surface area (Å²) in [5.41, 5.74) is 1.37. The Hall–Kier alpha value is -1.26. The highest BCUT2D eigenvalue weighted by molar-refractivity contribution is 5.47. The first-order valence-electron chi connectivity index (χ1n) is 5.47. The molecule has 4 nitrogen and oxygen atoms in total. The second-order valence-corrected chi connectivity index (χ2v) is 4.37. The van der Waals surface area contributed by atoms with Crippen LogP contribution in [0.15, 0.2) is 18.2 Å². The van der Waals surface area contributed by atoms with Gasteiger partial charge in [-0.05, 0) is 24.7 Å². The summed E-state index contributed by atoms with van der Waals surface area (Å²) >= 11 is 0. The summed E-state index contributed by atoms with van der Waals surface area (Å²) in [6.07, 6.45) is 0. The minimum atomic E-state index is 0.107. The van der Waals surface area contributed by atoms with E-state index in [0.29, 0.717) is 6.79 Å². The van der Waals surface area contributed by atoms with E-state index in [-0.39, 0.29) is 5.41 Å². The van der Waals surface area contributed by atoms with E-state index in [4.69, 9.17) is 14.2 Å². The summed E-state index contributed by atoms with van der Waals surface area (Å²) in [6, 6.07) is 6.16. The normalized spacial score (nSPS) is 20.6. The third-order valence-corrected chi connectivity index (χ3v) is 3.26. The molecule has 0 radical (unpaired) electrons. The fraction of sp³-hybridized carbons (Fsp3) is 0.500. The van der Waals surface area contributed by atoms with Crippen LogP contribution in [0.5, 0.6) is 11.5 Å². The summed E-state index contributed by atoms with van der Waals surface area (Å²) in [5, 5.41) is 3.22. The lowest BCUT2D eigenvalue weighted by atomic mass is 9.78. The molecule has 0 aliphatic carbocycles. The van der Waals surface area contributed by atoms with E-state index < -0.39 is 0 Å². The van der Waals surface area contributed by atoms with Crippen LogP contribution in [0.4, 0.5) is 0 Å². The predicted octanol–water partition coefficient (Wildman–Crippen LogP) is 0.903. The molecule has 1 fully saturated rings. The number of rotatable bonds is 3. The smallest absolute Gasteiger partial charge is 0.231 e. The molecule has 86 valence electrons. The number of likely N-dealkylation sites (N-methyl/N-ethyl adjacent to an activating group) is 1. The van der Waals surface area contributed by atoms with Gasteiger partial charge in [-0.1, -0.05) is 6.07 Å². The van der Waals surface area contributed by atoms with Crippen molar-refractivity contribution in [2.24, 2.45) is 0 Å². The van der Waals surface area contributed by atoms with Gasteiger partial charge in [0.2, 0.25) is 6.79 Å². The largest absolute Gasteiger partial charge is 0.454 e. The molecule has 0 bridgehead atoms. The highest BCUT2D eigenvalue weighted by Crippen LogP contribution is 2.39. The molecule has 16 heavy (non-hydrogen) atoms. The quantitative estimate of drug-likeness (QED) is 0.823. The minimum absolute atomic E-state index is 0.107. The fourth-order valence-corrected chi connectivity index (χ4v) is 2.28. The van der Waals surface area contributed by atoms with E-state index in [1.807, 2.05) is 13.1 Å². The molecule has 1 aromatic rings. The Morgan fingerprint density at radius 1 is 1.25 bits per heavy atom. The summed E-state index contributed by atoms with van der Waals surface area (Å²) in [4.78, 5) is 0. The zero-order valence-corrected chi connectivity index (χ0v) is 9.29. The monoisotopic (exact) mass is 221 g/mol. The number of benzene rings is 1. The van der Waals surface area contributed by atoms with E-state index in [1.54, 1.807) is 0 Å². The van der Waals surface area contributed by atoms with Gasteiger partial charge in [0.05, 0.1) is 18.6 Å². The van der Waals surface area contributed by atoms with Crippen molar-refractivity contribution in [1.29, 1.82) is 0 Å². The lowest BCUT2D eigenvalue weighted by Gasteiger charge is -2.42. The van der Waals surface area contributed by atoms with Crippen LogP contribution in [0.2, 0.25) is 0 Å². The van der Waals surface area contributed by atoms with Gasteiger partial charge >= 0.3 is 0 Å². The van der Waals surface area contributed by atoms with Crippen LogP contribution in [0.25, 0.3) is 0 Å². The van der Waals surface area contributed by atoms with Crippen LogP contribution in [0, 0.1) is 0 Å². The number of fused-ring (bicyclic) bond motifs is 1. The van der Waals surface area contributed by atoms with Crippen molar-refractivity contribution >= 4 is 0 Å². The van der Waals surface area contributed by atoms with Crippen molar-refractivity contribution in [3.8, 4) is 11.5 Å². The molecule has 4 heteroatoms. The SMILES string of the molecule is CNCC1(c2ccc3c(c2)OCO3)COC1. The molecule has 3 rings (SSSR count). The zero-order valence-electron chi connectivity index (χ0n) is 9.29. The van der Waals surface area contributed by atoms with E-state index >= 15 is 0 Å². The van der Waals surface area contributed by atoms with Crippen molar-refractivity contribution in [3.63, 3.8) is 0 Å². The molecule has 0 saturated carbocycles. The molecule has 0 atom stereocenters. The van der Waals surface area contributed by atoms with Gasteiger partial charge in [0.1, 0.15) is 0 Å². The predicted molar refractivity (Wildman–Crippen MR) is 59.0 cm³/mol. The second-order valence-electron chi connectivity index (χ2n) is 4.37. The van der Waals surface area contributed by atoms with E-state index in [2.05, 4.69) is 17.4 Å². The molecule has 0 spiro atoms. The third-order valence-electron chi connectivity index (χ3n) is 3.26. The Bertz CT molecular complexity index is 401. The molecule has 1 N–H and O–H groups in total. The van der Waals surface area contributed by atoms with Gasteiger partial charge in [0.15, 0.2) is 11.5 Å². The van der Waals surface area contributed by atoms with E-state index in [1.165, 1.54) is 5.56 Å². The summed E-state index contributed by atoms with van der Waals surface area (Å²) in [7, 11) is 1.97. The third kappa shape index (κ3) is 1.37. The number of ether oxygens (including phenoxy) is 3. The summed E-state index contributed by atoms with van der Waals surface area (Å²) in [5.74, 6) is 1.68. The molecule has 2 heterocycles. The van der Waals surface area contributed by atoms with Gasteiger partial charge in [-0.25, -0.2) is 0 Å². The van der Waals surface area contributed by atoms with Crippen LogP contribution < -0.4 is 14.8 Å². The molecule has 2 aliphatic heterocycles. The molecular formula is C12H15NO3. The maximum absolute atomic E-state index is 5.40. The topological polar surface area (TPSA) is 39.7 Å². The maximum Gasteiger partial charge on any atom is 0.231 e. The van der Waals surface area contributed by atoms with Crippen molar-refractivity contribution in [1.82, 2.24) is 5.32 Å². The van der Waals surface area contributed by atoms with E-state index in [9.17, 15) is 0 Å². The van der Waals surface area contributed by atoms with Crippen LogP contribution in [-0.2, 0) is 10.2 Å². The highest BCUT2D eigenvalue weighted by Gasteiger charge is 2.40. The van der Waals surface area contributed by atoms with Gasteiger partial charge in [0, 0.05) is 6.54 Å². The summed E-state index contributed by atoms with van der Waals surface area (Å²) in [6.45, 7) is 2.79. The Kier molecular flexibility index (Phi) is 2.26. The van der Waals surface area contributed by atoms with Gasteiger partial charge in [-0.3, -0.25) is 0 Å². The molecule has 0 aromatic heterocycles. The Balaban J connectivity index is 1.93. The zero-order chi connectivity index (χ0) is 11.0. The minimum Gasteiger partial charge on any atom is -0.454 e. The van der Waals surface area contributed by atoms with Crippen molar-refractivity contribution in [3.05, 3.63) is 23.8 Å². The standard InChI is InChI=1S/C12H15NO3/c1-13-5-12(6-14-7-12)9-2-3-10-11(4-9)16-8-15-10/h2-4,13H,5-8H2,1H3. The van der Waals surface area contributed by atoms with Crippen LogP contribution >= 0.6 is 0 Å². The first-order chi connectivity index (χ1) is 7.84. The van der Waals surface area contributed by atoms with Crippen molar-refractivity contribution < 1.29 is 14.2 Å². The first kappa shape index (κ1) is 9.93. The van der Waals surface area contributed by atoms with Crippen LogP contribution in [0.1, 0.15) is 5.56 Å². The number of nitrogens with one attached hydrogen (secondary N) is 1.